The highest BCUT2D eigenvalue weighted by Crippen LogP contribution is 2.15. The Morgan fingerprint density at radius 1 is 1.54 bits per heavy atom. The first kappa shape index (κ1) is 10.4. The molecule has 1 aliphatic rings. The van der Waals surface area contributed by atoms with Crippen molar-refractivity contribution in [3.05, 3.63) is 0 Å². The molecule has 0 aliphatic carbocycles. The predicted molar refractivity (Wildman–Crippen MR) is 43.0 cm³/mol. The van der Waals surface area contributed by atoms with Crippen molar-refractivity contribution in [1.82, 2.24) is 0 Å². The Morgan fingerprint density at radius 3 is 2.54 bits per heavy atom. The number of carbonyl (C=O) groups excluding carboxylic acids is 1. The van der Waals surface area contributed by atoms with Gasteiger partial charge in [-0.15, -0.1) is 0 Å². The van der Waals surface area contributed by atoms with E-state index in [1.54, 1.807) is 13.8 Å². The second-order valence-electron chi connectivity index (χ2n) is 3.30. The minimum absolute atomic E-state index is 0.0287. The third-order valence-electron chi connectivity index (χ3n) is 1.74. The van der Waals surface area contributed by atoms with Gasteiger partial charge in [0.1, 0.15) is 12.2 Å². The maximum Gasteiger partial charge on any atom is 0.338 e. The molecular weight excluding hydrogens is 176 g/mol. The fourth-order valence-corrected chi connectivity index (χ4v) is 1.11. The molecule has 13 heavy (non-hydrogen) atoms. The van der Waals surface area contributed by atoms with E-state index in [1.165, 1.54) is 0 Å². The van der Waals surface area contributed by atoms with Crippen LogP contribution in [-0.4, -0.2) is 47.2 Å². The second kappa shape index (κ2) is 4.04. The highest BCUT2D eigenvalue weighted by molar-refractivity contribution is 5.76. The fraction of sp³-hybridized carbons (Fsp3) is 0.875. The summed E-state index contributed by atoms with van der Waals surface area (Å²) in [6.07, 6.45) is -3.46. The molecule has 1 saturated heterocycles. The van der Waals surface area contributed by atoms with E-state index in [1.807, 2.05) is 0 Å². The van der Waals surface area contributed by atoms with Gasteiger partial charge in [0.2, 0.25) is 0 Å². The van der Waals surface area contributed by atoms with Crippen LogP contribution >= 0.6 is 0 Å². The standard InChI is InChI=1S/C8H14O5/c1-4(2)13-8(11)7-6(10)5(9)3-12-7/h4-7,9-10H,3H2,1-2H3. The van der Waals surface area contributed by atoms with Crippen LogP contribution in [0.5, 0.6) is 0 Å². The van der Waals surface area contributed by atoms with Gasteiger partial charge in [-0.25, -0.2) is 4.79 Å². The van der Waals surface area contributed by atoms with Crippen molar-refractivity contribution in [3.8, 4) is 0 Å². The maximum atomic E-state index is 11.2. The van der Waals surface area contributed by atoms with Crippen LogP contribution in [0.1, 0.15) is 13.8 Å². The zero-order valence-corrected chi connectivity index (χ0v) is 7.64. The number of esters is 1. The fourth-order valence-electron chi connectivity index (χ4n) is 1.11. The molecule has 1 fully saturated rings. The summed E-state index contributed by atoms with van der Waals surface area (Å²) >= 11 is 0. The normalized spacial score (nSPS) is 33.8. The van der Waals surface area contributed by atoms with E-state index in [4.69, 9.17) is 14.6 Å². The van der Waals surface area contributed by atoms with Gasteiger partial charge in [0.25, 0.3) is 0 Å². The molecule has 1 heterocycles. The lowest BCUT2D eigenvalue weighted by atomic mass is 10.1. The van der Waals surface area contributed by atoms with Gasteiger partial charge < -0.3 is 19.7 Å². The van der Waals surface area contributed by atoms with E-state index in [0.717, 1.165) is 0 Å². The highest BCUT2D eigenvalue weighted by Gasteiger charge is 2.40. The van der Waals surface area contributed by atoms with Crippen LogP contribution in [0, 0.1) is 0 Å². The zero-order valence-electron chi connectivity index (χ0n) is 7.64. The Labute approximate surface area is 76.3 Å². The van der Waals surface area contributed by atoms with Crippen molar-refractivity contribution in [2.75, 3.05) is 6.61 Å². The monoisotopic (exact) mass is 190 g/mol. The van der Waals surface area contributed by atoms with Crippen molar-refractivity contribution in [2.24, 2.45) is 0 Å². The first-order valence-corrected chi connectivity index (χ1v) is 4.20. The molecule has 5 heteroatoms. The Kier molecular flexibility index (Phi) is 3.24. The smallest absolute Gasteiger partial charge is 0.338 e. The summed E-state index contributed by atoms with van der Waals surface area (Å²) < 4.78 is 9.68. The summed E-state index contributed by atoms with van der Waals surface area (Å²) in [7, 11) is 0. The van der Waals surface area contributed by atoms with Crippen molar-refractivity contribution >= 4 is 5.97 Å². The third-order valence-corrected chi connectivity index (χ3v) is 1.74. The number of hydrogen-bond donors (Lipinski definition) is 2. The number of carbonyl (C=O) groups is 1. The van der Waals surface area contributed by atoms with Crippen LogP contribution in [0.3, 0.4) is 0 Å². The number of rotatable bonds is 2. The van der Waals surface area contributed by atoms with Gasteiger partial charge in [-0.3, -0.25) is 0 Å². The van der Waals surface area contributed by atoms with Gasteiger partial charge in [0.05, 0.1) is 12.7 Å². The minimum atomic E-state index is -1.17. The average molecular weight is 190 g/mol. The molecule has 2 N–H and O–H groups in total. The lowest BCUT2D eigenvalue weighted by Gasteiger charge is -2.15. The Bertz CT molecular complexity index is 191. The number of aliphatic hydroxyl groups excluding tert-OH is 2. The SMILES string of the molecule is CC(C)OC(=O)C1OCC(O)C1O. The molecule has 1 rings (SSSR count). The predicted octanol–water partition coefficient (Wildman–Crippen LogP) is -0.941. The van der Waals surface area contributed by atoms with Gasteiger partial charge >= 0.3 is 5.97 Å². The van der Waals surface area contributed by atoms with Crippen molar-refractivity contribution in [3.63, 3.8) is 0 Å². The average Bonchev–Trinajstić information content (AvgIpc) is 2.31. The quantitative estimate of drug-likeness (QED) is 0.549. The van der Waals surface area contributed by atoms with Crippen molar-refractivity contribution < 1.29 is 24.5 Å². The van der Waals surface area contributed by atoms with E-state index in [0.29, 0.717) is 0 Å². The molecule has 0 amide bonds. The van der Waals surface area contributed by atoms with Gasteiger partial charge in [0, 0.05) is 0 Å². The van der Waals surface area contributed by atoms with Crippen molar-refractivity contribution in [1.29, 1.82) is 0 Å². The second-order valence-corrected chi connectivity index (χ2v) is 3.30. The summed E-state index contributed by atoms with van der Waals surface area (Å²) in [5, 5.41) is 18.3. The molecule has 0 aromatic carbocycles. The largest absolute Gasteiger partial charge is 0.461 e. The molecule has 76 valence electrons. The molecule has 1 aliphatic heterocycles. The summed E-state index contributed by atoms with van der Waals surface area (Å²) in [5.41, 5.74) is 0. The Morgan fingerprint density at radius 2 is 2.15 bits per heavy atom. The molecule has 0 aromatic rings. The van der Waals surface area contributed by atoms with Gasteiger partial charge in [0.15, 0.2) is 6.10 Å². The number of aliphatic hydroxyl groups is 2. The topological polar surface area (TPSA) is 76.0 Å². The van der Waals surface area contributed by atoms with Gasteiger partial charge in [-0.2, -0.15) is 0 Å². The maximum absolute atomic E-state index is 11.2. The van der Waals surface area contributed by atoms with Crippen LogP contribution < -0.4 is 0 Å². The Hall–Kier alpha value is -0.650. The lowest BCUT2D eigenvalue weighted by molar-refractivity contribution is -0.162. The summed E-state index contributed by atoms with van der Waals surface area (Å²) in [6, 6.07) is 0. The summed E-state index contributed by atoms with van der Waals surface area (Å²) in [4.78, 5) is 11.2. The van der Waals surface area contributed by atoms with Gasteiger partial charge in [-0.05, 0) is 13.8 Å². The molecule has 3 unspecified atom stereocenters. The molecule has 0 saturated carbocycles. The van der Waals surface area contributed by atoms with E-state index < -0.39 is 24.3 Å². The number of hydrogen-bond acceptors (Lipinski definition) is 5. The zero-order chi connectivity index (χ0) is 10.0. The molecule has 0 bridgehead atoms. The van der Waals surface area contributed by atoms with Gasteiger partial charge in [-0.1, -0.05) is 0 Å². The first-order valence-electron chi connectivity index (χ1n) is 4.20. The number of ether oxygens (including phenoxy) is 2. The van der Waals surface area contributed by atoms with Crippen LogP contribution in [0.15, 0.2) is 0 Å². The third kappa shape index (κ3) is 2.40. The summed E-state index contributed by atoms with van der Waals surface area (Å²) in [6.45, 7) is 3.38. The molecule has 0 spiro atoms. The molecule has 0 radical (unpaired) electrons. The van der Waals surface area contributed by atoms with Crippen LogP contribution in [0.25, 0.3) is 0 Å². The van der Waals surface area contributed by atoms with E-state index in [-0.39, 0.29) is 12.7 Å². The molecule has 3 atom stereocenters. The lowest BCUT2D eigenvalue weighted by Crippen LogP contribution is -2.37. The van der Waals surface area contributed by atoms with Crippen LogP contribution in [0.2, 0.25) is 0 Å². The Balaban J connectivity index is 2.48. The highest BCUT2D eigenvalue weighted by atomic mass is 16.6. The molecule has 5 nitrogen and oxygen atoms in total. The van der Waals surface area contributed by atoms with Crippen LogP contribution in [0.4, 0.5) is 0 Å². The summed E-state index contributed by atoms with van der Waals surface area (Å²) in [5.74, 6) is -0.626. The minimum Gasteiger partial charge on any atom is -0.461 e. The van der Waals surface area contributed by atoms with Crippen LogP contribution in [-0.2, 0) is 14.3 Å². The molecule has 0 aromatic heterocycles. The first-order chi connectivity index (χ1) is 6.02. The van der Waals surface area contributed by atoms with E-state index in [2.05, 4.69) is 0 Å². The van der Waals surface area contributed by atoms with E-state index in [9.17, 15) is 9.90 Å². The van der Waals surface area contributed by atoms with Crippen molar-refractivity contribution in [2.45, 2.75) is 38.3 Å². The van der Waals surface area contributed by atoms with E-state index >= 15 is 0 Å². The molecular formula is C8H14O5.